The molecule has 0 spiro atoms. The number of hydrogen-bond acceptors (Lipinski definition) is 5. The number of carbonyl (C=O) groups is 1. The van der Waals surface area contributed by atoms with Gasteiger partial charge in [-0.15, -0.1) is 0 Å². The zero-order valence-corrected chi connectivity index (χ0v) is 16.4. The van der Waals surface area contributed by atoms with Gasteiger partial charge in [-0.3, -0.25) is 0 Å². The summed E-state index contributed by atoms with van der Waals surface area (Å²) in [5.41, 5.74) is 2.05. The molecule has 0 saturated carbocycles. The Kier molecular flexibility index (Phi) is 5.74. The van der Waals surface area contributed by atoms with Crippen LogP contribution in [-0.4, -0.2) is 41.3 Å². The summed E-state index contributed by atoms with van der Waals surface area (Å²) < 4.78 is 10.7. The number of benzene rings is 2. The first-order chi connectivity index (χ1) is 14.2. The maximum Gasteiger partial charge on any atom is 0.318 e. The Morgan fingerprint density at radius 1 is 1.21 bits per heavy atom. The minimum Gasteiger partial charge on any atom is -0.497 e. The lowest BCUT2D eigenvalue weighted by atomic mass is 10.1. The number of aromatic nitrogens is 2. The highest BCUT2D eigenvalue weighted by atomic mass is 16.5. The number of carbonyl (C=O) groups excluding carboxylic acids is 1. The number of rotatable bonds is 6. The number of hydrogen-bond donors (Lipinski definition) is 1. The fourth-order valence-corrected chi connectivity index (χ4v) is 3.55. The van der Waals surface area contributed by atoms with Gasteiger partial charge >= 0.3 is 6.03 Å². The van der Waals surface area contributed by atoms with Crippen molar-refractivity contribution in [2.24, 2.45) is 0 Å². The second-order valence-corrected chi connectivity index (χ2v) is 7.00. The van der Waals surface area contributed by atoms with E-state index >= 15 is 0 Å². The third kappa shape index (κ3) is 4.39. The second kappa shape index (κ2) is 8.77. The Balaban J connectivity index is 1.39. The topological polar surface area (TPSA) is 80.5 Å². The summed E-state index contributed by atoms with van der Waals surface area (Å²) in [6.07, 6.45) is 2.53. The molecular formula is C22H24N4O3. The maximum atomic E-state index is 12.7. The average molecular weight is 392 g/mol. The van der Waals surface area contributed by atoms with E-state index in [2.05, 4.69) is 27.6 Å². The summed E-state index contributed by atoms with van der Waals surface area (Å²) in [5, 5.41) is 7.10. The number of nitrogens with zero attached hydrogens (tertiary/aromatic N) is 3. The molecule has 150 valence electrons. The van der Waals surface area contributed by atoms with E-state index in [1.165, 1.54) is 5.56 Å². The van der Waals surface area contributed by atoms with Gasteiger partial charge in [0.25, 0.3) is 0 Å². The Bertz CT molecular complexity index is 940. The minimum absolute atomic E-state index is 0.0902. The van der Waals surface area contributed by atoms with Gasteiger partial charge in [0.1, 0.15) is 11.8 Å². The molecule has 1 aliphatic heterocycles. The van der Waals surface area contributed by atoms with Crippen LogP contribution >= 0.6 is 0 Å². The van der Waals surface area contributed by atoms with Crippen LogP contribution in [0.25, 0.3) is 11.4 Å². The third-order valence-electron chi connectivity index (χ3n) is 5.12. The van der Waals surface area contributed by atoms with Gasteiger partial charge in [0, 0.05) is 18.7 Å². The molecule has 2 aromatic carbocycles. The first-order valence-electron chi connectivity index (χ1n) is 9.81. The van der Waals surface area contributed by atoms with Crippen molar-refractivity contribution < 1.29 is 14.1 Å². The molecule has 2 heterocycles. The monoisotopic (exact) mass is 392 g/mol. The predicted octanol–water partition coefficient (Wildman–Crippen LogP) is 3.83. The Morgan fingerprint density at radius 2 is 2.00 bits per heavy atom. The highest BCUT2D eigenvalue weighted by Gasteiger charge is 2.34. The van der Waals surface area contributed by atoms with E-state index in [0.29, 0.717) is 24.8 Å². The summed E-state index contributed by atoms with van der Waals surface area (Å²) in [5.74, 6) is 1.76. The number of urea groups is 1. The summed E-state index contributed by atoms with van der Waals surface area (Å²) in [6, 6.07) is 17.3. The SMILES string of the molecule is COc1ccc(-c2noc([C@@H]3CCCN3C(=O)NCCc3ccccc3)n2)cc1. The summed E-state index contributed by atoms with van der Waals surface area (Å²) in [6.45, 7) is 1.27. The molecule has 1 aromatic heterocycles. The van der Waals surface area contributed by atoms with Crippen LogP contribution in [0.4, 0.5) is 4.79 Å². The average Bonchev–Trinajstić information content (AvgIpc) is 3.44. The van der Waals surface area contributed by atoms with E-state index in [4.69, 9.17) is 9.26 Å². The van der Waals surface area contributed by atoms with Gasteiger partial charge in [0.2, 0.25) is 11.7 Å². The molecule has 1 N–H and O–H groups in total. The Labute approximate surface area is 169 Å². The zero-order valence-electron chi connectivity index (χ0n) is 16.4. The quantitative estimate of drug-likeness (QED) is 0.689. The summed E-state index contributed by atoms with van der Waals surface area (Å²) in [7, 11) is 1.63. The van der Waals surface area contributed by atoms with Crippen LogP contribution in [0, 0.1) is 0 Å². The molecule has 7 heteroatoms. The van der Waals surface area contributed by atoms with Gasteiger partial charge in [0.15, 0.2) is 0 Å². The number of nitrogens with one attached hydrogen (secondary N) is 1. The molecule has 1 saturated heterocycles. The molecule has 1 aliphatic rings. The van der Waals surface area contributed by atoms with Crippen LogP contribution in [0.1, 0.15) is 30.3 Å². The van der Waals surface area contributed by atoms with Crippen LogP contribution in [0.5, 0.6) is 5.75 Å². The van der Waals surface area contributed by atoms with Gasteiger partial charge in [-0.05, 0) is 49.1 Å². The van der Waals surface area contributed by atoms with Crippen LogP contribution in [0.15, 0.2) is 59.1 Å². The number of methoxy groups -OCH3 is 1. The van der Waals surface area contributed by atoms with Crippen molar-refractivity contribution in [3.8, 4) is 17.1 Å². The van der Waals surface area contributed by atoms with Crippen molar-refractivity contribution in [1.29, 1.82) is 0 Å². The molecule has 1 atom stereocenters. The molecule has 0 bridgehead atoms. The standard InChI is InChI=1S/C22H24N4O3/c1-28-18-11-9-17(10-12-18)20-24-21(29-25-20)19-8-5-15-26(19)22(27)23-14-13-16-6-3-2-4-7-16/h2-4,6-7,9-12,19H,5,8,13-15H2,1H3,(H,23,27)/t19-/m0/s1. The van der Waals surface area contributed by atoms with Crippen molar-refractivity contribution in [3.63, 3.8) is 0 Å². The van der Waals surface area contributed by atoms with Crippen molar-refractivity contribution in [2.45, 2.75) is 25.3 Å². The van der Waals surface area contributed by atoms with E-state index in [-0.39, 0.29) is 12.1 Å². The van der Waals surface area contributed by atoms with E-state index in [1.807, 2.05) is 42.5 Å². The molecule has 29 heavy (non-hydrogen) atoms. The lowest BCUT2D eigenvalue weighted by Crippen LogP contribution is -2.40. The van der Waals surface area contributed by atoms with Crippen LogP contribution in [0.2, 0.25) is 0 Å². The molecule has 2 amide bonds. The third-order valence-corrected chi connectivity index (χ3v) is 5.12. The van der Waals surface area contributed by atoms with Crippen molar-refractivity contribution in [3.05, 3.63) is 66.1 Å². The molecule has 3 aromatic rings. The Hall–Kier alpha value is -3.35. The van der Waals surface area contributed by atoms with E-state index < -0.39 is 0 Å². The highest BCUT2D eigenvalue weighted by Crippen LogP contribution is 2.32. The number of ether oxygens (including phenoxy) is 1. The smallest absolute Gasteiger partial charge is 0.318 e. The highest BCUT2D eigenvalue weighted by molar-refractivity contribution is 5.75. The molecular weight excluding hydrogens is 368 g/mol. The molecule has 0 aliphatic carbocycles. The molecule has 0 radical (unpaired) electrons. The number of amides is 2. The second-order valence-electron chi connectivity index (χ2n) is 7.00. The van der Waals surface area contributed by atoms with Gasteiger partial charge < -0.3 is 19.5 Å². The van der Waals surface area contributed by atoms with Gasteiger partial charge in [-0.25, -0.2) is 4.79 Å². The summed E-state index contributed by atoms with van der Waals surface area (Å²) in [4.78, 5) is 19.0. The first-order valence-corrected chi connectivity index (χ1v) is 9.81. The van der Waals surface area contributed by atoms with Gasteiger partial charge in [0.05, 0.1) is 7.11 Å². The van der Waals surface area contributed by atoms with E-state index in [9.17, 15) is 4.79 Å². The fraction of sp³-hybridized carbons (Fsp3) is 0.318. The van der Waals surface area contributed by atoms with Crippen molar-refractivity contribution >= 4 is 6.03 Å². The molecule has 7 nitrogen and oxygen atoms in total. The van der Waals surface area contributed by atoms with E-state index in [0.717, 1.165) is 30.6 Å². The Morgan fingerprint density at radius 3 is 2.76 bits per heavy atom. The van der Waals surface area contributed by atoms with Crippen LogP contribution in [0.3, 0.4) is 0 Å². The number of likely N-dealkylation sites (tertiary alicyclic amines) is 1. The lowest BCUT2D eigenvalue weighted by molar-refractivity contribution is 0.180. The van der Waals surface area contributed by atoms with Crippen LogP contribution in [-0.2, 0) is 6.42 Å². The van der Waals surface area contributed by atoms with Crippen molar-refractivity contribution in [2.75, 3.05) is 20.2 Å². The minimum atomic E-state index is -0.189. The van der Waals surface area contributed by atoms with Crippen molar-refractivity contribution in [1.82, 2.24) is 20.4 Å². The van der Waals surface area contributed by atoms with E-state index in [1.54, 1.807) is 12.0 Å². The molecule has 1 fully saturated rings. The largest absolute Gasteiger partial charge is 0.497 e. The fourth-order valence-electron chi connectivity index (χ4n) is 3.55. The van der Waals surface area contributed by atoms with Gasteiger partial charge in [-0.1, -0.05) is 35.5 Å². The van der Waals surface area contributed by atoms with Gasteiger partial charge in [-0.2, -0.15) is 4.98 Å². The maximum absolute atomic E-state index is 12.7. The zero-order chi connectivity index (χ0) is 20.1. The lowest BCUT2D eigenvalue weighted by Gasteiger charge is -2.22. The normalized spacial score (nSPS) is 16.0. The predicted molar refractivity (Wildman–Crippen MR) is 109 cm³/mol. The summed E-state index contributed by atoms with van der Waals surface area (Å²) >= 11 is 0. The first kappa shape index (κ1) is 19.0. The molecule has 4 rings (SSSR count). The van der Waals surface area contributed by atoms with Crippen LogP contribution < -0.4 is 10.1 Å². The molecule has 0 unspecified atom stereocenters.